The van der Waals surface area contributed by atoms with Gasteiger partial charge in [-0.2, -0.15) is 4.98 Å². The number of hydrogen-bond donors (Lipinski definition) is 3. The molecular weight excluding hydrogens is 448 g/mol. The van der Waals surface area contributed by atoms with Gasteiger partial charge in [0.15, 0.2) is 0 Å². The second-order valence-corrected chi connectivity index (χ2v) is 9.65. The van der Waals surface area contributed by atoms with Crippen molar-refractivity contribution in [1.29, 1.82) is 0 Å². The van der Waals surface area contributed by atoms with Crippen LogP contribution >= 0.6 is 0 Å². The van der Waals surface area contributed by atoms with Gasteiger partial charge in [-0.3, -0.25) is 0 Å². The Morgan fingerprint density at radius 3 is 2.77 bits per heavy atom. The third-order valence-corrected chi connectivity index (χ3v) is 6.30. The lowest BCUT2D eigenvalue weighted by Crippen LogP contribution is -2.47. The van der Waals surface area contributed by atoms with Gasteiger partial charge in [0.1, 0.15) is 12.4 Å². The first-order valence-corrected chi connectivity index (χ1v) is 12.2. The number of urea groups is 1. The van der Waals surface area contributed by atoms with Crippen molar-refractivity contribution in [2.75, 3.05) is 56.3 Å². The maximum Gasteiger partial charge on any atom is 0.319 e. The van der Waals surface area contributed by atoms with Crippen LogP contribution in [-0.4, -0.2) is 73.9 Å². The minimum Gasteiger partial charge on any atom is -0.475 e. The molecule has 2 aliphatic rings. The summed E-state index contributed by atoms with van der Waals surface area (Å²) in [5.74, 6) is 1.26. The maximum absolute atomic E-state index is 12.7. The van der Waals surface area contributed by atoms with Gasteiger partial charge < -0.3 is 34.9 Å². The second-order valence-electron chi connectivity index (χ2n) is 9.65. The predicted molar refractivity (Wildman–Crippen MR) is 135 cm³/mol. The average Bonchev–Trinajstić information content (AvgIpc) is 2.83. The molecule has 0 bridgehead atoms. The molecule has 4 rings (SSSR count). The Bertz CT molecular complexity index is 1020. The molecule has 190 valence electrons. The number of aromatic nitrogens is 1. The van der Waals surface area contributed by atoms with E-state index >= 15 is 0 Å². The number of carbonyl (C=O) groups is 1. The van der Waals surface area contributed by atoms with Crippen LogP contribution in [0.25, 0.3) is 11.1 Å². The van der Waals surface area contributed by atoms with Gasteiger partial charge in [-0.05, 0) is 68.5 Å². The Balaban J connectivity index is 1.54. The Morgan fingerprint density at radius 2 is 2.03 bits per heavy atom. The number of aliphatic hydroxyl groups excluding tert-OH is 1. The van der Waals surface area contributed by atoms with Crippen LogP contribution in [0.15, 0.2) is 30.3 Å². The fourth-order valence-electron chi connectivity index (χ4n) is 4.54. The number of nitrogens with zero attached hydrogens (tertiary/aromatic N) is 2. The number of aliphatic hydroxyl groups is 1. The van der Waals surface area contributed by atoms with Crippen LogP contribution in [-0.2, 0) is 9.47 Å². The van der Waals surface area contributed by atoms with Crippen molar-refractivity contribution in [1.82, 2.24) is 10.3 Å². The highest BCUT2D eigenvalue weighted by Gasteiger charge is 2.29. The van der Waals surface area contributed by atoms with E-state index in [0.717, 1.165) is 48.4 Å². The predicted octanol–water partition coefficient (Wildman–Crippen LogP) is 3.34. The molecule has 0 saturated carbocycles. The lowest BCUT2D eigenvalue weighted by molar-refractivity contribution is -0.0609. The molecule has 0 spiro atoms. The summed E-state index contributed by atoms with van der Waals surface area (Å²) in [4.78, 5) is 19.5. The van der Waals surface area contributed by atoms with Crippen LogP contribution in [0.2, 0.25) is 0 Å². The van der Waals surface area contributed by atoms with Gasteiger partial charge in [-0.25, -0.2) is 4.79 Å². The molecule has 2 amide bonds. The first-order chi connectivity index (χ1) is 16.8. The quantitative estimate of drug-likeness (QED) is 0.554. The van der Waals surface area contributed by atoms with Crippen molar-refractivity contribution in [3.63, 3.8) is 0 Å². The molecule has 2 saturated heterocycles. The standard InChI is InChI=1S/C26H36N4O5/c1-18-4-5-20(27-25(32)28-21-6-10-35-26(2,3)17-21)16-22(18)19-14-23(30-7-11-33-12-8-30)29-24(15-19)34-13-9-31/h4-5,14-16,21,31H,6-13,17H2,1-3H3,(H2,27,28,32). The monoisotopic (exact) mass is 484 g/mol. The molecule has 0 aliphatic carbocycles. The van der Waals surface area contributed by atoms with E-state index in [1.807, 2.05) is 51.1 Å². The van der Waals surface area contributed by atoms with Crippen LogP contribution in [0.4, 0.5) is 16.3 Å². The van der Waals surface area contributed by atoms with Gasteiger partial charge in [0.2, 0.25) is 5.88 Å². The molecule has 9 heteroatoms. The van der Waals surface area contributed by atoms with Crippen LogP contribution in [0, 0.1) is 6.92 Å². The molecular formula is C26H36N4O5. The van der Waals surface area contributed by atoms with Gasteiger partial charge in [-0.1, -0.05) is 6.07 Å². The molecule has 35 heavy (non-hydrogen) atoms. The Labute approximate surface area is 206 Å². The molecule has 1 atom stereocenters. The van der Waals surface area contributed by atoms with E-state index in [9.17, 15) is 9.90 Å². The van der Waals surface area contributed by atoms with Crippen LogP contribution in [0.1, 0.15) is 32.3 Å². The lowest BCUT2D eigenvalue weighted by atomic mass is 9.94. The molecule has 2 aromatic rings. The number of pyridine rings is 1. The number of nitrogens with one attached hydrogen (secondary N) is 2. The highest BCUT2D eigenvalue weighted by atomic mass is 16.5. The van der Waals surface area contributed by atoms with E-state index in [2.05, 4.69) is 20.5 Å². The minimum absolute atomic E-state index is 0.0752. The molecule has 1 aromatic heterocycles. The number of rotatable bonds is 7. The molecule has 3 heterocycles. The smallest absolute Gasteiger partial charge is 0.319 e. The lowest BCUT2D eigenvalue weighted by Gasteiger charge is -2.35. The number of benzene rings is 1. The van der Waals surface area contributed by atoms with Crippen molar-refractivity contribution >= 4 is 17.5 Å². The van der Waals surface area contributed by atoms with Crippen molar-refractivity contribution in [2.24, 2.45) is 0 Å². The Morgan fingerprint density at radius 1 is 1.23 bits per heavy atom. The zero-order valence-corrected chi connectivity index (χ0v) is 20.8. The number of carbonyl (C=O) groups excluding carboxylic acids is 1. The Kier molecular flexibility index (Phi) is 8.10. The van der Waals surface area contributed by atoms with E-state index in [1.54, 1.807) is 0 Å². The summed E-state index contributed by atoms with van der Waals surface area (Å²) in [6.07, 6.45) is 1.57. The van der Waals surface area contributed by atoms with Gasteiger partial charge in [0.25, 0.3) is 0 Å². The first kappa shape index (κ1) is 25.2. The zero-order valence-electron chi connectivity index (χ0n) is 20.8. The number of amides is 2. The van der Waals surface area contributed by atoms with Crippen molar-refractivity contribution in [3.8, 4) is 17.0 Å². The SMILES string of the molecule is Cc1ccc(NC(=O)NC2CCOC(C)(C)C2)cc1-c1cc(OCCO)nc(N2CCOCC2)c1. The summed E-state index contributed by atoms with van der Waals surface area (Å²) in [5.41, 5.74) is 3.44. The van der Waals surface area contributed by atoms with Gasteiger partial charge in [-0.15, -0.1) is 0 Å². The van der Waals surface area contributed by atoms with E-state index in [0.29, 0.717) is 31.4 Å². The minimum atomic E-state index is -0.234. The number of aryl methyl sites for hydroxylation is 1. The van der Waals surface area contributed by atoms with Gasteiger partial charge >= 0.3 is 6.03 Å². The average molecular weight is 485 g/mol. The van der Waals surface area contributed by atoms with Crippen LogP contribution in [0.3, 0.4) is 0 Å². The topological polar surface area (TPSA) is 105 Å². The number of ether oxygens (including phenoxy) is 3. The maximum atomic E-state index is 12.7. The largest absolute Gasteiger partial charge is 0.475 e. The van der Waals surface area contributed by atoms with E-state index in [-0.39, 0.29) is 30.9 Å². The number of hydrogen-bond acceptors (Lipinski definition) is 7. The van der Waals surface area contributed by atoms with Crippen LogP contribution < -0.4 is 20.3 Å². The normalized spacial score (nSPS) is 19.8. The van der Waals surface area contributed by atoms with E-state index < -0.39 is 0 Å². The van der Waals surface area contributed by atoms with E-state index in [4.69, 9.17) is 14.2 Å². The van der Waals surface area contributed by atoms with E-state index in [1.165, 1.54) is 0 Å². The van der Waals surface area contributed by atoms with Gasteiger partial charge in [0, 0.05) is 37.5 Å². The third kappa shape index (κ3) is 6.84. The highest BCUT2D eigenvalue weighted by molar-refractivity contribution is 5.90. The molecule has 1 unspecified atom stereocenters. The molecule has 3 N–H and O–H groups in total. The van der Waals surface area contributed by atoms with Crippen molar-refractivity contribution in [2.45, 2.75) is 45.3 Å². The summed E-state index contributed by atoms with van der Waals surface area (Å²) in [6.45, 7) is 9.64. The number of morpholine rings is 1. The zero-order chi connectivity index (χ0) is 24.8. The van der Waals surface area contributed by atoms with Crippen molar-refractivity contribution in [3.05, 3.63) is 35.9 Å². The first-order valence-electron chi connectivity index (χ1n) is 12.2. The summed E-state index contributed by atoms with van der Waals surface area (Å²) in [6, 6.07) is 9.62. The summed E-state index contributed by atoms with van der Waals surface area (Å²) in [7, 11) is 0. The summed E-state index contributed by atoms with van der Waals surface area (Å²) < 4.78 is 16.9. The van der Waals surface area contributed by atoms with Gasteiger partial charge in [0.05, 0.1) is 25.4 Å². The van der Waals surface area contributed by atoms with Crippen LogP contribution in [0.5, 0.6) is 5.88 Å². The Hall–Kier alpha value is -2.88. The molecule has 2 aliphatic heterocycles. The molecule has 1 aromatic carbocycles. The fraction of sp³-hybridized carbons (Fsp3) is 0.538. The third-order valence-electron chi connectivity index (χ3n) is 6.30. The molecule has 2 fully saturated rings. The molecule has 9 nitrogen and oxygen atoms in total. The second kappa shape index (κ2) is 11.2. The number of anilines is 2. The summed E-state index contributed by atoms with van der Waals surface area (Å²) in [5, 5.41) is 15.3. The molecule has 0 radical (unpaired) electrons. The summed E-state index contributed by atoms with van der Waals surface area (Å²) >= 11 is 0. The highest BCUT2D eigenvalue weighted by Crippen LogP contribution is 2.32. The fourth-order valence-corrected chi connectivity index (χ4v) is 4.54. The van der Waals surface area contributed by atoms with Crippen molar-refractivity contribution < 1.29 is 24.1 Å².